The van der Waals surface area contributed by atoms with Crippen LogP contribution in [0.2, 0.25) is 0 Å². The lowest BCUT2D eigenvalue weighted by Gasteiger charge is -2.32. The van der Waals surface area contributed by atoms with Crippen molar-refractivity contribution in [2.75, 3.05) is 13.1 Å². The molecule has 1 saturated heterocycles. The van der Waals surface area contributed by atoms with E-state index in [-0.39, 0.29) is 16.4 Å². The maximum absolute atomic E-state index is 12.3. The second kappa shape index (κ2) is 5.44. The summed E-state index contributed by atoms with van der Waals surface area (Å²) in [4.78, 5) is 13.4. The fourth-order valence-corrected chi connectivity index (χ4v) is 3.74. The number of aliphatic hydroxyl groups excluding tert-OH is 1. The van der Waals surface area contributed by atoms with Crippen molar-refractivity contribution in [3.8, 4) is 0 Å². The van der Waals surface area contributed by atoms with E-state index < -0.39 is 16.1 Å². The minimum Gasteiger partial charge on any atom is -0.393 e. The number of hydrogen-bond donors (Lipinski definition) is 2. The van der Waals surface area contributed by atoms with Crippen molar-refractivity contribution >= 4 is 10.0 Å². The standard InChI is InChI=1S/C12H18N2O4S/c1-9(15)10-4-6-14(7-5-10)19(17,18)11-2-3-12(16)13-8-11/h2-3,8-10,15H,4-7H2,1H3,(H,13,16). The number of nitrogens with zero attached hydrogens (tertiary/aromatic N) is 1. The predicted molar refractivity (Wildman–Crippen MR) is 70.2 cm³/mol. The van der Waals surface area contributed by atoms with Gasteiger partial charge in [-0.1, -0.05) is 0 Å². The topological polar surface area (TPSA) is 90.5 Å². The van der Waals surface area contributed by atoms with E-state index in [4.69, 9.17) is 0 Å². The third-order valence-electron chi connectivity index (χ3n) is 3.57. The minimum atomic E-state index is -3.55. The van der Waals surface area contributed by atoms with Gasteiger partial charge in [0, 0.05) is 25.4 Å². The van der Waals surface area contributed by atoms with Gasteiger partial charge in [-0.3, -0.25) is 4.79 Å². The third kappa shape index (κ3) is 3.05. The minimum absolute atomic E-state index is 0.0996. The van der Waals surface area contributed by atoms with Crippen LogP contribution in [0.25, 0.3) is 0 Å². The van der Waals surface area contributed by atoms with Crippen LogP contribution in [0.4, 0.5) is 0 Å². The van der Waals surface area contributed by atoms with E-state index in [0.717, 1.165) is 0 Å². The van der Waals surface area contributed by atoms with Crippen molar-refractivity contribution in [2.45, 2.75) is 30.8 Å². The van der Waals surface area contributed by atoms with Gasteiger partial charge >= 0.3 is 0 Å². The van der Waals surface area contributed by atoms with E-state index in [1.807, 2.05) is 0 Å². The molecule has 2 rings (SSSR count). The molecule has 106 valence electrons. The van der Waals surface area contributed by atoms with Crippen LogP contribution in [-0.2, 0) is 10.0 Å². The number of hydrogen-bond acceptors (Lipinski definition) is 4. The smallest absolute Gasteiger partial charge is 0.247 e. The summed E-state index contributed by atoms with van der Waals surface area (Å²) in [7, 11) is -3.55. The summed E-state index contributed by atoms with van der Waals surface area (Å²) in [5, 5.41) is 9.51. The Morgan fingerprint density at radius 2 is 2.00 bits per heavy atom. The van der Waals surface area contributed by atoms with Crippen LogP contribution in [0, 0.1) is 5.92 Å². The molecule has 1 aromatic heterocycles. The lowest BCUT2D eigenvalue weighted by Crippen LogP contribution is -2.40. The zero-order valence-electron chi connectivity index (χ0n) is 10.7. The van der Waals surface area contributed by atoms with Crippen molar-refractivity contribution in [3.63, 3.8) is 0 Å². The van der Waals surface area contributed by atoms with E-state index in [2.05, 4.69) is 4.98 Å². The first kappa shape index (κ1) is 14.2. The van der Waals surface area contributed by atoms with E-state index in [9.17, 15) is 18.3 Å². The van der Waals surface area contributed by atoms with Gasteiger partial charge in [0.1, 0.15) is 0 Å². The summed E-state index contributed by atoms with van der Waals surface area (Å²) < 4.78 is 26.0. The first-order valence-electron chi connectivity index (χ1n) is 6.28. The second-order valence-corrected chi connectivity index (χ2v) is 6.81. The highest BCUT2D eigenvalue weighted by molar-refractivity contribution is 7.89. The molecule has 1 fully saturated rings. The Balaban J connectivity index is 2.14. The van der Waals surface area contributed by atoms with E-state index in [0.29, 0.717) is 25.9 Å². The predicted octanol–water partition coefficient (Wildman–Crippen LogP) is 0.156. The summed E-state index contributed by atoms with van der Waals surface area (Å²) >= 11 is 0. The summed E-state index contributed by atoms with van der Waals surface area (Å²) in [6.07, 6.45) is 2.12. The average Bonchev–Trinajstić information content (AvgIpc) is 2.39. The van der Waals surface area contributed by atoms with Crippen LogP contribution >= 0.6 is 0 Å². The molecule has 1 aromatic rings. The molecule has 7 heteroatoms. The Hall–Kier alpha value is -1.18. The van der Waals surface area contributed by atoms with Crippen LogP contribution in [0.3, 0.4) is 0 Å². The second-order valence-electron chi connectivity index (χ2n) is 4.87. The van der Waals surface area contributed by atoms with Crippen LogP contribution in [-0.4, -0.2) is 42.0 Å². The molecule has 0 bridgehead atoms. The number of pyridine rings is 1. The first-order chi connectivity index (χ1) is 8.91. The summed E-state index contributed by atoms with van der Waals surface area (Å²) in [6, 6.07) is 2.52. The van der Waals surface area contributed by atoms with Crippen LogP contribution in [0.15, 0.2) is 28.0 Å². The third-order valence-corrected chi connectivity index (χ3v) is 5.47. The summed E-state index contributed by atoms with van der Waals surface area (Å²) in [5.41, 5.74) is -0.327. The Morgan fingerprint density at radius 3 is 2.47 bits per heavy atom. The molecule has 6 nitrogen and oxygen atoms in total. The van der Waals surface area contributed by atoms with Gasteiger partial charge in [0.25, 0.3) is 0 Å². The van der Waals surface area contributed by atoms with Gasteiger partial charge in [-0.05, 0) is 31.7 Å². The van der Waals surface area contributed by atoms with Gasteiger partial charge in [0.2, 0.25) is 15.6 Å². The highest BCUT2D eigenvalue weighted by Crippen LogP contribution is 2.24. The number of piperidine rings is 1. The van der Waals surface area contributed by atoms with Crippen molar-refractivity contribution in [2.24, 2.45) is 5.92 Å². The largest absolute Gasteiger partial charge is 0.393 e. The SMILES string of the molecule is CC(O)C1CCN(S(=O)(=O)c2ccc(=O)[nH]c2)CC1. The van der Waals surface area contributed by atoms with Gasteiger partial charge in [0.05, 0.1) is 11.0 Å². The van der Waals surface area contributed by atoms with E-state index in [1.54, 1.807) is 6.92 Å². The van der Waals surface area contributed by atoms with Crippen molar-refractivity contribution in [3.05, 3.63) is 28.7 Å². The average molecular weight is 286 g/mol. The highest BCUT2D eigenvalue weighted by Gasteiger charge is 2.30. The molecule has 0 spiro atoms. The fraction of sp³-hybridized carbons (Fsp3) is 0.583. The molecular weight excluding hydrogens is 268 g/mol. The van der Waals surface area contributed by atoms with Gasteiger partial charge in [-0.15, -0.1) is 0 Å². The number of H-pyrrole nitrogens is 1. The molecule has 2 N–H and O–H groups in total. The molecule has 0 aromatic carbocycles. The molecule has 1 aliphatic rings. The van der Waals surface area contributed by atoms with Crippen LogP contribution in [0.1, 0.15) is 19.8 Å². The molecule has 1 aliphatic heterocycles. The Labute approximate surface area is 112 Å². The molecule has 2 heterocycles. The van der Waals surface area contributed by atoms with Crippen molar-refractivity contribution in [1.29, 1.82) is 0 Å². The zero-order valence-corrected chi connectivity index (χ0v) is 11.6. The molecule has 1 unspecified atom stereocenters. The number of aromatic nitrogens is 1. The monoisotopic (exact) mass is 286 g/mol. The molecule has 0 aliphatic carbocycles. The van der Waals surface area contributed by atoms with E-state index >= 15 is 0 Å². The maximum Gasteiger partial charge on any atom is 0.247 e. The number of aliphatic hydroxyl groups is 1. The molecule has 19 heavy (non-hydrogen) atoms. The van der Waals surface area contributed by atoms with Gasteiger partial charge in [-0.25, -0.2) is 8.42 Å². The molecule has 0 saturated carbocycles. The van der Waals surface area contributed by atoms with Gasteiger partial charge < -0.3 is 10.1 Å². The van der Waals surface area contributed by atoms with Crippen molar-refractivity contribution in [1.82, 2.24) is 9.29 Å². The number of sulfonamides is 1. The highest BCUT2D eigenvalue weighted by atomic mass is 32.2. The number of aromatic amines is 1. The molecular formula is C12H18N2O4S. The van der Waals surface area contributed by atoms with Gasteiger partial charge in [-0.2, -0.15) is 4.31 Å². The number of rotatable bonds is 3. The maximum atomic E-state index is 12.3. The lowest BCUT2D eigenvalue weighted by atomic mass is 9.93. The molecule has 1 atom stereocenters. The normalized spacial score (nSPS) is 20.3. The van der Waals surface area contributed by atoms with Crippen molar-refractivity contribution < 1.29 is 13.5 Å². The molecule has 0 radical (unpaired) electrons. The quantitative estimate of drug-likeness (QED) is 0.828. The van der Waals surface area contributed by atoms with E-state index in [1.165, 1.54) is 22.6 Å². The Morgan fingerprint density at radius 1 is 1.37 bits per heavy atom. The first-order valence-corrected chi connectivity index (χ1v) is 7.72. The summed E-state index contributed by atoms with van der Waals surface area (Å²) in [5.74, 6) is 0.155. The summed E-state index contributed by atoms with van der Waals surface area (Å²) in [6.45, 7) is 2.53. The molecule has 0 amide bonds. The van der Waals surface area contributed by atoms with Crippen LogP contribution < -0.4 is 5.56 Å². The van der Waals surface area contributed by atoms with Gasteiger partial charge in [0.15, 0.2) is 0 Å². The fourth-order valence-electron chi connectivity index (χ4n) is 2.30. The Kier molecular flexibility index (Phi) is 4.07. The lowest BCUT2D eigenvalue weighted by molar-refractivity contribution is 0.0912. The van der Waals surface area contributed by atoms with Crippen LogP contribution in [0.5, 0.6) is 0 Å². The Bertz CT molecular complexity index is 565. The number of nitrogens with one attached hydrogen (secondary N) is 1. The zero-order chi connectivity index (χ0) is 14.0.